The first-order chi connectivity index (χ1) is 20.8. The Hall–Kier alpha value is -3.62. The minimum absolute atomic E-state index is 0.0269. The van der Waals surface area contributed by atoms with Gasteiger partial charge in [-0.1, -0.05) is 0 Å². The first-order valence-electron chi connectivity index (χ1n) is 13.3. The van der Waals surface area contributed by atoms with E-state index >= 15 is 0 Å². The van der Waals surface area contributed by atoms with Crippen LogP contribution in [0.15, 0.2) is 30.0 Å². The number of ether oxygens (including phenoxy) is 5. The fourth-order valence-electron chi connectivity index (χ4n) is 5.17. The van der Waals surface area contributed by atoms with Gasteiger partial charge in [-0.05, 0) is 12.1 Å². The SMILES string of the molecule is OCC1OC(OC2C(OC3=Cc4c(O)cc(O)cc4[OH+]C3c3cc(O)c(O)c(O)c3)OC(CO)C(O)C2O)C(O)C(O)C1O. The molecule has 3 heterocycles. The maximum absolute atomic E-state index is 11.0. The third-order valence-electron chi connectivity index (χ3n) is 7.57. The Labute approximate surface area is 247 Å². The van der Waals surface area contributed by atoms with E-state index < -0.39 is 104 Å². The van der Waals surface area contributed by atoms with Crippen LogP contribution in [0, 0.1) is 0 Å². The highest BCUT2D eigenvalue weighted by Crippen LogP contribution is 2.48. The van der Waals surface area contributed by atoms with Gasteiger partial charge in [0.1, 0.15) is 59.8 Å². The van der Waals surface area contributed by atoms with E-state index in [0.29, 0.717) is 0 Å². The molecule has 3 aliphatic heterocycles. The second kappa shape index (κ2) is 12.4. The summed E-state index contributed by atoms with van der Waals surface area (Å²) in [7, 11) is 0. The summed E-state index contributed by atoms with van der Waals surface area (Å²) in [5.41, 5.74) is 0.0711. The molecule has 11 unspecified atom stereocenters. The lowest BCUT2D eigenvalue weighted by atomic mass is 9.97. The monoisotopic (exact) mass is 629 g/mol. The Balaban J connectivity index is 1.53. The fraction of sp³-hybridized carbons (Fsp3) is 0.481. The molecule has 17 heteroatoms. The first-order valence-corrected chi connectivity index (χ1v) is 13.3. The van der Waals surface area contributed by atoms with E-state index in [1.54, 1.807) is 0 Å². The molecule has 0 radical (unpaired) electrons. The summed E-state index contributed by atoms with van der Waals surface area (Å²) in [6.45, 7) is -1.59. The van der Waals surface area contributed by atoms with Crippen LogP contribution in [0.25, 0.3) is 6.08 Å². The van der Waals surface area contributed by atoms with Crippen LogP contribution in [0.4, 0.5) is 0 Å². The maximum atomic E-state index is 11.0. The topological polar surface area (TPSA) is 292 Å². The van der Waals surface area contributed by atoms with Crippen molar-refractivity contribution in [3.8, 4) is 34.5 Å². The van der Waals surface area contributed by atoms with Crippen molar-refractivity contribution in [2.24, 2.45) is 0 Å². The summed E-state index contributed by atoms with van der Waals surface area (Å²) >= 11 is 0. The van der Waals surface area contributed by atoms with Crippen molar-refractivity contribution in [1.29, 1.82) is 0 Å². The summed E-state index contributed by atoms with van der Waals surface area (Å²) in [6, 6.07) is 4.32. The van der Waals surface area contributed by atoms with Gasteiger partial charge in [-0.15, -0.1) is 0 Å². The molecule has 2 aromatic rings. The van der Waals surface area contributed by atoms with Crippen LogP contribution in [-0.4, -0.2) is 141 Å². The number of hydrogen-bond acceptors (Lipinski definition) is 16. The third-order valence-corrected chi connectivity index (χ3v) is 7.57. The van der Waals surface area contributed by atoms with Gasteiger partial charge >= 0.3 is 0 Å². The smallest absolute Gasteiger partial charge is 0.270 e. The number of fused-ring (bicyclic) bond motifs is 1. The molecule has 2 aromatic carbocycles. The second-order valence-electron chi connectivity index (χ2n) is 10.5. The highest BCUT2D eigenvalue weighted by Gasteiger charge is 2.52. The fourth-order valence-corrected chi connectivity index (χ4v) is 5.17. The van der Waals surface area contributed by atoms with Crippen molar-refractivity contribution in [3.63, 3.8) is 0 Å². The molecule has 0 aliphatic carbocycles. The number of aliphatic hydroxyl groups excluding tert-OH is 7. The Morgan fingerprint density at radius 3 is 1.89 bits per heavy atom. The molecule has 0 bridgehead atoms. The average Bonchev–Trinajstić information content (AvgIpc) is 2.99. The van der Waals surface area contributed by atoms with Crippen molar-refractivity contribution < 1.29 is 85.0 Å². The number of hydrogen-bond donors (Lipinski definition) is 12. The summed E-state index contributed by atoms with van der Waals surface area (Å²) in [5.74, 6) is -3.19. The first kappa shape index (κ1) is 31.8. The molecule has 3 aliphatic rings. The van der Waals surface area contributed by atoms with E-state index in [0.717, 1.165) is 18.2 Å². The molecular formula is C27H33O17+. The van der Waals surface area contributed by atoms with Gasteiger partial charge in [0, 0.05) is 12.1 Å². The molecule has 2 saturated heterocycles. The van der Waals surface area contributed by atoms with Gasteiger partial charge < -0.3 is 85.0 Å². The summed E-state index contributed by atoms with van der Waals surface area (Å²) in [4.78, 5) is 0. The van der Waals surface area contributed by atoms with Crippen molar-refractivity contribution in [2.75, 3.05) is 13.2 Å². The zero-order valence-corrected chi connectivity index (χ0v) is 22.6. The highest BCUT2D eigenvalue weighted by molar-refractivity contribution is 5.69. The van der Waals surface area contributed by atoms with Crippen LogP contribution in [0.3, 0.4) is 0 Å². The van der Waals surface area contributed by atoms with Crippen molar-refractivity contribution in [2.45, 2.75) is 67.5 Å². The maximum Gasteiger partial charge on any atom is 0.270 e. The molecule has 0 saturated carbocycles. The minimum Gasteiger partial charge on any atom is -0.571 e. The van der Waals surface area contributed by atoms with E-state index in [2.05, 4.69) is 4.74 Å². The largest absolute Gasteiger partial charge is 0.571 e. The van der Waals surface area contributed by atoms with Crippen molar-refractivity contribution >= 4 is 6.08 Å². The molecule has 0 amide bonds. The Morgan fingerprint density at radius 2 is 1.27 bits per heavy atom. The van der Waals surface area contributed by atoms with E-state index in [9.17, 15) is 61.3 Å². The normalized spacial score (nSPS) is 35.3. The zero-order valence-electron chi connectivity index (χ0n) is 22.6. The lowest BCUT2D eigenvalue weighted by Crippen LogP contribution is -2.64. The van der Waals surface area contributed by atoms with Gasteiger partial charge in [0.15, 0.2) is 35.4 Å². The Morgan fingerprint density at radius 1 is 0.682 bits per heavy atom. The number of benzene rings is 2. The molecule has 0 aromatic heterocycles. The molecule has 17 nitrogen and oxygen atoms in total. The number of aromatic hydroxyl groups is 6. The third kappa shape index (κ3) is 5.77. The minimum atomic E-state index is -1.91. The van der Waals surface area contributed by atoms with Gasteiger partial charge in [-0.25, -0.2) is 0 Å². The second-order valence-corrected chi connectivity index (χ2v) is 10.5. The van der Waals surface area contributed by atoms with Crippen molar-refractivity contribution in [1.82, 2.24) is 0 Å². The van der Waals surface area contributed by atoms with Crippen LogP contribution in [0.2, 0.25) is 0 Å². The Bertz CT molecular complexity index is 1360. The highest BCUT2D eigenvalue weighted by atomic mass is 16.8. The van der Waals surface area contributed by atoms with Gasteiger partial charge in [-0.3, -0.25) is 0 Å². The summed E-state index contributed by atoms with van der Waals surface area (Å²) < 4.78 is 27.2. The quantitative estimate of drug-likeness (QED) is 0.109. The molecule has 5 rings (SSSR count). The van der Waals surface area contributed by atoms with E-state index in [4.69, 9.17) is 18.9 Å². The molecular weight excluding hydrogens is 596 g/mol. The number of phenolic OH excluding ortho intramolecular Hbond substituents is 5. The number of phenols is 5. The van der Waals surface area contributed by atoms with Crippen molar-refractivity contribution in [3.05, 3.63) is 41.2 Å². The molecule has 11 atom stereocenters. The van der Waals surface area contributed by atoms with Gasteiger partial charge in [0.25, 0.3) is 11.9 Å². The summed E-state index contributed by atoms with van der Waals surface area (Å²) in [6.07, 6.45) is -17.3. The van der Waals surface area contributed by atoms with Crippen LogP contribution >= 0.6 is 0 Å². The van der Waals surface area contributed by atoms with Crippen LogP contribution < -0.4 is 0 Å². The molecule has 13 N–H and O–H groups in total. The standard InChI is InChI=1S/C27H32O17/c28-6-16-19(35)21(37)23(39)26(42-16)44-25-22(38)20(36)17(7-29)43-27(25)41-15-5-10-11(31)3-9(30)4-14(10)40-24(15)8-1-12(32)18(34)13(33)2-8/h1-5,16-17,19-39H,6-7H2/p+1. The van der Waals surface area contributed by atoms with Gasteiger partial charge in [0.2, 0.25) is 6.29 Å². The van der Waals surface area contributed by atoms with Crippen LogP contribution in [0.1, 0.15) is 17.2 Å². The summed E-state index contributed by atoms with van der Waals surface area (Å²) in [5, 5.41) is 122. The lowest BCUT2D eigenvalue weighted by molar-refractivity contribution is -0.364. The molecule has 0 spiro atoms. The van der Waals surface area contributed by atoms with Crippen LogP contribution in [-0.2, 0) is 18.9 Å². The molecule has 242 valence electrons. The van der Waals surface area contributed by atoms with E-state index in [1.807, 2.05) is 0 Å². The van der Waals surface area contributed by atoms with Gasteiger partial charge in [-0.2, -0.15) is 0 Å². The number of rotatable bonds is 7. The zero-order chi connectivity index (χ0) is 32.0. The predicted octanol–water partition coefficient (Wildman–Crippen LogP) is -2.81. The van der Waals surface area contributed by atoms with Gasteiger partial charge in [0.05, 0.1) is 24.8 Å². The average molecular weight is 630 g/mol. The van der Waals surface area contributed by atoms with Crippen LogP contribution in [0.5, 0.6) is 34.5 Å². The molecule has 44 heavy (non-hydrogen) atoms. The predicted molar refractivity (Wildman–Crippen MR) is 141 cm³/mol. The number of aliphatic hydroxyl groups is 8. The molecule has 2 fully saturated rings. The van der Waals surface area contributed by atoms with E-state index in [-0.39, 0.29) is 28.4 Å². The van der Waals surface area contributed by atoms with E-state index in [1.165, 1.54) is 12.1 Å². The lowest BCUT2D eigenvalue weighted by Gasteiger charge is -2.46. The Kier molecular flexibility index (Phi) is 8.96.